The number of hydrogen-bond acceptors (Lipinski definition) is 7. The normalized spacial score (nSPS) is 15.6. The Kier molecular flexibility index (Phi) is 6.19. The number of fused-ring (bicyclic) bond motifs is 2. The summed E-state index contributed by atoms with van der Waals surface area (Å²) >= 11 is 1.35. The SMILES string of the molecule is CCCOc1ccc(C2C(C(=O)c3cc4ccccc4o3)=C(O)C(=O)N2c2nc3c(C)cc(C)cc3s2)cc1. The molecule has 1 atom stereocenters. The number of furan rings is 1. The Morgan fingerprint density at radius 1 is 1.10 bits per heavy atom. The van der Waals surface area contributed by atoms with Gasteiger partial charge in [-0.1, -0.05) is 54.7 Å². The number of benzene rings is 3. The smallest absolute Gasteiger partial charge is 0.296 e. The van der Waals surface area contributed by atoms with Crippen LogP contribution in [0.2, 0.25) is 0 Å². The predicted octanol–water partition coefficient (Wildman–Crippen LogP) is 7.23. The average Bonchev–Trinajstić information content (AvgIpc) is 3.62. The third-order valence-corrected chi connectivity index (χ3v) is 7.80. The number of amides is 1. The molecule has 5 aromatic rings. The molecular formula is C31H26N2O5S. The second kappa shape index (κ2) is 9.71. The number of hydrogen-bond donors (Lipinski definition) is 1. The molecule has 0 bridgehead atoms. The van der Waals surface area contributed by atoms with Crippen molar-refractivity contribution in [3.05, 3.63) is 101 Å². The van der Waals surface area contributed by atoms with Crippen molar-refractivity contribution in [3.63, 3.8) is 0 Å². The van der Waals surface area contributed by atoms with Crippen molar-refractivity contribution in [1.29, 1.82) is 0 Å². The summed E-state index contributed by atoms with van der Waals surface area (Å²) < 4.78 is 12.5. The summed E-state index contributed by atoms with van der Waals surface area (Å²) in [5.74, 6) is -1.11. The van der Waals surface area contributed by atoms with Crippen LogP contribution in [0, 0.1) is 13.8 Å². The Bertz CT molecular complexity index is 1750. The molecule has 8 heteroatoms. The zero-order valence-corrected chi connectivity index (χ0v) is 22.5. The standard InChI is InChI=1S/C31H26N2O5S/c1-4-13-37-21-11-9-19(10-12-21)27-25(28(34)23-16-20-7-5-6-8-22(20)38-23)29(35)30(36)33(27)31-32-26-18(3)14-17(2)15-24(26)39-31/h5-12,14-16,27,35H,4,13H2,1-3H3. The van der Waals surface area contributed by atoms with Crippen LogP contribution in [0.15, 0.2) is 82.5 Å². The maximum atomic E-state index is 13.9. The van der Waals surface area contributed by atoms with Gasteiger partial charge in [-0.25, -0.2) is 4.98 Å². The maximum Gasteiger partial charge on any atom is 0.296 e. The van der Waals surface area contributed by atoms with Crippen molar-refractivity contribution in [1.82, 2.24) is 4.98 Å². The number of aliphatic hydroxyl groups is 1. The van der Waals surface area contributed by atoms with Gasteiger partial charge in [0, 0.05) is 5.39 Å². The van der Waals surface area contributed by atoms with E-state index in [-0.39, 0.29) is 11.3 Å². The molecule has 0 saturated heterocycles. The second-order valence-corrected chi connectivity index (χ2v) is 10.7. The van der Waals surface area contributed by atoms with Gasteiger partial charge in [-0.05, 0) is 67.3 Å². The molecule has 196 valence electrons. The van der Waals surface area contributed by atoms with Crippen LogP contribution in [0.4, 0.5) is 5.13 Å². The van der Waals surface area contributed by atoms with Crippen molar-refractivity contribution in [2.75, 3.05) is 11.5 Å². The fourth-order valence-electron chi connectivity index (χ4n) is 5.00. The van der Waals surface area contributed by atoms with Crippen LogP contribution in [-0.2, 0) is 4.79 Å². The number of thiazole rings is 1. The number of aliphatic hydroxyl groups excluding tert-OH is 1. The van der Waals surface area contributed by atoms with E-state index in [0.717, 1.165) is 33.2 Å². The highest BCUT2D eigenvalue weighted by Gasteiger charge is 2.46. The van der Waals surface area contributed by atoms with Crippen molar-refractivity contribution in [3.8, 4) is 5.75 Å². The minimum atomic E-state index is -0.902. The molecule has 1 N–H and O–H groups in total. The molecule has 0 spiro atoms. The largest absolute Gasteiger partial charge is 0.503 e. The first-order valence-corrected chi connectivity index (χ1v) is 13.6. The van der Waals surface area contributed by atoms with Gasteiger partial charge in [0.1, 0.15) is 11.3 Å². The van der Waals surface area contributed by atoms with Crippen molar-refractivity contribution in [2.24, 2.45) is 0 Å². The predicted molar refractivity (Wildman–Crippen MR) is 152 cm³/mol. The molecule has 0 radical (unpaired) electrons. The van der Waals surface area contributed by atoms with Gasteiger partial charge in [0.15, 0.2) is 16.7 Å². The molecule has 6 rings (SSSR count). The number of ketones is 1. The minimum absolute atomic E-state index is 0.0477. The Morgan fingerprint density at radius 3 is 2.62 bits per heavy atom. The number of para-hydroxylation sites is 1. The van der Waals surface area contributed by atoms with E-state index >= 15 is 0 Å². The van der Waals surface area contributed by atoms with E-state index in [1.54, 1.807) is 24.3 Å². The van der Waals surface area contributed by atoms with E-state index in [4.69, 9.17) is 14.1 Å². The van der Waals surface area contributed by atoms with E-state index in [9.17, 15) is 14.7 Å². The van der Waals surface area contributed by atoms with Crippen LogP contribution in [0.25, 0.3) is 21.2 Å². The Labute approximate surface area is 229 Å². The zero-order valence-electron chi connectivity index (χ0n) is 21.7. The molecule has 3 heterocycles. The molecule has 0 aliphatic carbocycles. The van der Waals surface area contributed by atoms with Crippen LogP contribution in [0.1, 0.15) is 46.6 Å². The lowest BCUT2D eigenvalue weighted by Crippen LogP contribution is -2.30. The number of carbonyl (C=O) groups excluding carboxylic acids is 2. The third kappa shape index (κ3) is 4.27. The monoisotopic (exact) mass is 538 g/mol. The summed E-state index contributed by atoms with van der Waals surface area (Å²) in [6.07, 6.45) is 0.871. The zero-order chi connectivity index (χ0) is 27.3. The number of anilines is 1. The molecule has 0 saturated carbocycles. The Balaban J connectivity index is 1.48. The highest BCUT2D eigenvalue weighted by Crippen LogP contribution is 2.45. The van der Waals surface area contributed by atoms with Gasteiger partial charge in [0.05, 0.1) is 28.4 Å². The lowest BCUT2D eigenvalue weighted by molar-refractivity contribution is -0.117. The van der Waals surface area contributed by atoms with Gasteiger partial charge in [-0.3, -0.25) is 14.5 Å². The molecule has 0 fully saturated rings. The van der Waals surface area contributed by atoms with E-state index in [1.807, 2.05) is 63.2 Å². The quantitative estimate of drug-likeness (QED) is 0.220. The fourth-order valence-corrected chi connectivity index (χ4v) is 6.17. The van der Waals surface area contributed by atoms with Crippen molar-refractivity contribution in [2.45, 2.75) is 33.2 Å². The molecular weight excluding hydrogens is 512 g/mol. The van der Waals surface area contributed by atoms with Gasteiger partial charge in [-0.15, -0.1) is 0 Å². The van der Waals surface area contributed by atoms with Gasteiger partial charge in [0.25, 0.3) is 5.91 Å². The molecule has 39 heavy (non-hydrogen) atoms. The van der Waals surface area contributed by atoms with Crippen LogP contribution in [0.3, 0.4) is 0 Å². The summed E-state index contributed by atoms with van der Waals surface area (Å²) in [4.78, 5) is 33.7. The summed E-state index contributed by atoms with van der Waals surface area (Å²) in [6, 6.07) is 19.3. The third-order valence-electron chi connectivity index (χ3n) is 6.80. The van der Waals surface area contributed by atoms with Gasteiger partial charge < -0.3 is 14.3 Å². The van der Waals surface area contributed by atoms with E-state index < -0.39 is 23.5 Å². The van der Waals surface area contributed by atoms with Crippen LogP contribution >= 0.6 is 11.3 Å². The first-order valence-electron chi connectivity index (χ1n) is 12.8. The van der Waals surface area contributed by atoms with Gasteiger partial charge in [0.2, 0.25) is 5.78 Å². The van der Waals surface area contributed by atoms with E-state index in [1.165, 1.54) is 16.2 Å². The van der Waals surface area contributed by atoms with Gasteiger partial charge >= 0.3 is 0 Å². The second-order valence-electron chi connectivity index (χ2n) is 9.66. The molecule has 2 aromatic heterocycles. The number of aromatic nitrogens is 1. The van der Waals surface area contributed by atoms with Crippen molar-refractivity contribution >= 4 is 49.3 Å². The maximum absolute atomic E-state index is 13.9. The molecule has 7 nitrogen and oxygen atoms in total. The Hall–Kier alpha value is -4.43. The molecule has 1 amide bonds. The topological polar surface area (TPSA) is 92.9 Å². The molecule has 1 aliphatic rings. The minimum Gasteiger partial charge on any atom is -0.503 e. The number of aryl methyl sites for hydroxylation is 2. The Morgan fingerprint density at radius 2 is 1.87 bits per heavy atom. The van der Waals surface area contributed by atoms with Crippen LogP contribution < -0.4 is 9.64 Å². The first-order chi connectivity index (χ1) is 18.9. The highest BCUT2D eigenvalue weighted by molar-refractivity contribution is 7.22. The number of Topliss-reactive ketones (excluding diaryl/α,β-unsaturated/α-hetero) is 1. The first kappa shape index (κ1) is 24.9. The molecule has 3 aromatic carbocycles. The highest BCUT2D eigenvalue weighted by atomic mass is 32.1. The number of ether oxygens (including phenoxy) is 1. The lowest BCUT2D eigenvalue weighted by Gasteiger charge is -2.24. The van der Waals surface area contributed by atoms with Crippen molar-refractivity contribution < 1.29 is 23.8 Å². The molecule has 1 unspecified atom stereocenters. The summed E-state index contributed by atoms with van der Waals surface area (Å²) in [5.41, 5.74) is 4.00. The van der Waals surface area contributed by atoms with Crippen LogP contribution in [-0.4, -0.2) is 28.4 Å². The fraction of sp³-hybridized carbons (Fsp3) is 0.194. The number of carbonyl (C=O) groups is 2. The summed E-state index contributed by atoms with van der Waals surface area (Å²) in [6.45, 7) is 6.59. The molecule has 1 aliphatic heterocycles. The van der Waals surface area contributed by atoms with Gasteiger partial charge in [-0.2, -0.15) is 0 Å². The number of nitrogens with zero attached hydrogens (tertiary/aromatic N) is 2. The van der Waals surface area contributed by atoms with Crippen LogP contribution in [0.5, 0.6) is 5.75 Å². The van der Waals surface area contributed by atoms with E-state index in [0.29, 0.717) is 28.6 Å². The lowest BCUT2D eigenvalue weighted by atomic mass is 9.95. The van der Waals surface area contributed by atoms with E-state index in [2.05, 4.69) is 0 Å². The summed E-state index contributed by atoms with van der Waals surface area (Å²) in [7, 11) is 0. The number of rotatable bonds is 7. The summed E-state index contributed by atoms with van der Waals surface area (Å²) in [5, 5.41) is 12.3. The average molecular weight is 539 g/mol.